The number of rotatable bonds is 8. The van der Waals surface area contributed by atoms with Crippen molar-refractivity contribution in [2.45, 2.75) is 44.9 Å². The molecule has 1 N–H and O–H groups in total. The number of likely N-dealkylation sites (N-methyl/N-ethyl adjacent to an activating group) is 1. The normalized spacial score (nSPS) is 14.4. The highest BCUT2D eigenvalue weighted by atomic mass is 35.5. The monoisotopic (exact) mass is 285 g/mol. The van der Waals surface area contributed by atoms with E-state index in [0.29, 0.717) is 6.04 Å². The van der Waals surface area contributed by atoms with E-state index in [1.165, 1.54) is 12.0 Å². The van der Waals surface area contributed by atoms with Gasteiger partial charge < -0.3 is 5.32 Å². The molecule has 0 aliphatic rings. The molecule has 0 spiro atoms. The van der Waals surface area contributed by atoms with Gasteiger partial charge in [-0.05, 0) is 37.1 Å². The first-order chi connectivity index (χ1) is 8.65. The molecule has 2 atom stereocenters. The van der Waals surface area contributed by atoms with E-state index < -0.39 is 0 Å². The van der Waals surface area contributed by atoms with Crippen molar-refractivity contribution in [1.82, 2.24) is 5.32 Å². The third-order valence-electron chi connectivity index (χ3n) is 3.02. The summed E-state index contributed by atoms with van der Waals surface area (Å²) >= 11 is 8.08. The molecule has 1 nitrogen and oxygen atoms in total. The molecule has 0 heterocycles. The fraction of sp³-hybridized carbons (Fsp3) is 0.600. The third kappa shape index (κ3) is 6.12. The van der Waals surface area contributed by atoms with Crippen LogP contribution in [-0.2, 0) is 6.42 Å². The average molecular weight is 286 g/mol. The fourth-order valence-corrected chi connectivity index (χ4v) is 3.07. The topological polar surface area (TPSA) is 12.0 Å². The minimum Gasteiger partial charge on any atom is -0.313 e. The van der Waals surface area contributed by atoms with Crippen molar-refractivity contribution in [3.63, 3.8) is 0 Å². The highest BCUT2D eigenvalue weighted by Gasteiger charge is 2.10. The van der Waals surface area contributed by atoms with Crippen LogP contribution in [0.1, 0.15) is 32.8 Å². The van der Waals surface area contributed by atoms with Crippen LogP contribution >= 0.6 is 23.4 Å². The first kappa shape index (κ1) is 15.9. The predicted octanol–water partition coefficient (Wildman–Crippen LogP) is 4.39. The molecule has 3 heteroatoms. The van der Waals surface area contributed by atoms with Crippen LogP contribution in [0.2, 0.25) is 5.02 Å². The summed E-state index contributed by atoms with van der Waals surface area (Å²) in [6, 6.07) is 8.72. The first-order valence-electron chi connectivity index (χ1n) is 6.75. The Morgan fingerprint density at radius 2 is 2.11 bits per heavy atom. The maximum Gasteiger partial charge on any atom is 0.0408 e. The molecule has 0 bridgehead atoms. The number of hydrogen-bond acceptors (Lipinski definition) is 2. The van der Waals surface area contributed by atoms with Crippen molar-refractivity contribution in [3.8, 4) is 0 Å². The molecular weight excluding hydrogens is 262 g/mol. The van der Waals surface area contributed by atoms with E-state index >= 15 is 0 Å². The highest BCUT2D eigenvalue weighted by Crippen LogP contribution is 2.18. The Morgan fingerprint density at radius 3 is 2.72 bits per heavy atom. The molecule has 18 heavy (non-hydrogen) atoms. The molecular formula is C15H24ClNS. The largest absolute Gasteiger partial charge is 0.313 e. The van der Waals surface area contributed by atoms with E-state index in [2.05, 4.69) is 50.0 Å². The summed E-state index contributed by atoms with van der Waals surface area (Å²) in [6.45, 7) is 7.73. The molecule has 0 aromatic heterocycles. The molecule has 0 saturated heterocycles. The molecule has 2 unspecified atom stereocenters. The van der Waals surface area contributed by atoms with Gasteiger partial charge in [-0.1, -0.05) is 44.5 Å². The Bertz CT molecular complexity index is 343. The van der Waals surface area contributed by atoms with Gasteiger partial charge in [-0.2, -0.15) is 11.8 Å². The molecule has 1 aromatic rings. The molecule has 0 radical (unpaired) electrons. The minimum absolute atomic E-state index is 0.535. The van der Waals surface area contributed by atoms with Gasteiger partial charge in [-0.25, -0.2) is 0 Å². The van der Waals surface area contributed by atoms with Crippen molar-refractivity contribution in [2.24, 2.45) is 0 Å². The predicted molar refractivity (Wildman–Crippen MR) is 84.8 cm³/mol. The SMILES string of the molecule is CCNC(CSC(C)CC)Cc1cccc(Cl)c1. The van der Waals surface area contributed by atoms with Gasteiger partial charge in [0.15, 0.2) is 0 Å². The molecule has 0 fully saturated rings. The van der Waals surface area contributed by atoms with E-state index in [-0.39, 0.29) is 0 Å². The van der Waals surface area contributed by atoms with Crippen LogP contribution in [0.15, 0.2) is 24.3 Å². The van der Waals surface area contributed by atoms with E-state index in [0.717, 1.165) is 29.0 Å². The Hall–Kier alpha value is -0.180. The highest BCUT2D eigenvalue weighted by molar-refractivity contribution is 7.99. The lowest BCUT2D eigenvalue weighted by atomic mass is 10.1. The summed E-state index contributed by atoms with van der Waals surface area (Å²) in [6.07, 6.45) is 2.29. The maximum absolute atomic E-state index is 6.03. The van der Waals surface area contributed by atoms with Gasteiger partial charge in [0.2, 0.25) is 0 Å². The van der Waals surface area contributed by atoms with Crippen LogP contribution in [0.5, 0.6) is 0 Å². The van der Waals surface area contributed by atoms with E-state index in [9.17, 15) is 0 Å². The van der Waals surface area contributed by atoms with E-state index in [4.69, 9.17) is 11.6 Å². The van der Waals surface area contributed by atoms with Crippen molar-refractivity contribution in [2.75, 3.05) is 12.3 Å². The lowest BCUT2D eigenvalue weighted by Crippen LogP contribution is -2.33. The summed E-state index contributed by atoms with van der Waals surface area (Å²) in [5.74, 6) is 1.16. The van der Waals surface area contributed by atoms with Gasteiger partial charge in [0, 0.05) is 22.1 Å². The van der Waals surface area contributed by atoms with Gasteiger partial charge in [0.25, 0.3) is 0 Å². The zero-order valence-corrected chi connectivity index (χ0v) is 13.2. The van der Waals surface area contributed by atoms with Crippen LogP contribution in [0.3, 0.4) is 0 Å². The molecule has 0 aliphatic heterocycles. The molecule has 102 valence electrons. The smallest absolute Gasteiger partial charge is 0.0408 e. The summed E-state index contributed by atoms with van der Waals surface area (Å²) in [5.41, 5.74) is 1.32. The lowest BCUT2D eigenvalue weighted by Gasteiger charge is -2.19. The average Bonchev–Trinajstić information content (AvgIpc) is 2.36. The summed E-state index contributed by atoms with van der Waals surface area (Å²) in [7, 11) is 0. The van der Waals surface area contributed by atoms with Crippen molar-refractivity contribution < 1.29 is 0 Å². The number of halogens is 1. The van der Waals surface area contributed by atoms with Crippen LogP contribution < -0.4 is 5.32 Å². The summed E-state index contributed by atoms with van der Waals surface area (Å²) in [4.78, 5) is 0. The van der Waals surface area contributed by atoms with E-state index in [1.54, 1.807) is 0 Å². The standard InChI is InChI=1S/C15H24ClNS/c1-4-12(3)18-11-15(17-5-2)10-13-7-6-8-14(16)9-13/h6-9,12,15,17H,4-5,10-11H2,1-3H3. The van der Waals surface area contributed by atoms with Gasteiger partial charge in [0.05, 0.1) is 0 Å². The summed E-state index contributed by atoms with van der Waals surface area (Å²) < 4.78 is 0. The molecule has 1 rings (SSSR count). The van der Waals surface area contributed by atoms with Gasteiger partial charge in [0.1, 0.15) is 0 Å². The molecule has 0 saturated carbocycles. The fourth-order valence-electron chi connectivity index (χ4n) is 1.83. The quantitative estimate of drug-likeness (QED) is 0.760. The zero-order valence-electron chi connectivity index (χ0n) is 11.6. The second-order valence-electron chi connectivity index (χ2n) is 4.64. The summed E-state index contributed by atoms with van der Waals surface area (Å²) in [5, 5.41) is 5.14. The number of benzene rings is 1. The van der Waals surface area contributed by atoms with Crippen LogP contribution in [-0.4, -0.2) is 23.6 Å². The molecule has 1 aromatic carbocycles. The number of thioether (sulfide) groups is 1. The lowest BCUT2D eigenvalue weighted by molar-refractivity contribution is 0.572. The Balaban J connectivity index is 2.51. The van der Waals surface area contributed by atoms with Crippen molar-refractivity contribution in [3.05, 3.63) is 34.9 Å². The zero-order chi connectivity index (χ0) is 13.4. The molecule has 0 amide bonds. The molecule has 0 aliphatic carbocycles. The van der Waals surface area contributed by atoms with Gasteiger partial charge in [-0.3, -0.25) is 0 Å². The first-order valence-corrected chi connectivity index (χ1v) is 8.17. The van der Waals surface area contributed by atoms with Crippen LogP contribution in [0.4, 0.5) is 0 Å². The Labute approximate surface area is 121 Å². The number of nitrogens with one attached hydrogen (secondary N) is 1. The second kappa shape index (κ2) is 8.84. The van der Waals surface area contributed by atoms with E-state index in [1.807, 2.05) is 12.1 Å². The minimum atomic E-state index is 0.535. The van der Waals surface area contributed by atoms with Crippen molar-refractivity contribution >= 4 is 23.4 Å². The van der Waals surface area contributed by atoms with Crippen LogP contribution in [0.25, 0.3) is 0 Å². The third-order valence-corrected chi connectivity index (χ3v) is 4.75. The number of hydrogen-bond donors (Lipinski definition) is 1. The van der Waals surface area contributed by atoms with Gasteiger partial charge in [-0.15, -0.1) is 0 Å². The van der Waals surface area contributed by atoms with Crippen LogP contribution in [0, 0.1) is 0 Å². The second-order valence-corrected chi connectivity index (χ2v) is 6.55. The maximum atomic E-state index is 6.03. The Kier molecular flexibility index (Phi) is 7.80. The van der Waals surface area contributed by atoms with Gasteiger partial charge >= 0.3 is 0 Å². The Morgan fingerprint density at radius 1 is 1.33 bits per heavy atom. The van der Waals surface area contributed by atoms with Crippen molar-refractivity contribution in [1.29, 1.82) is 0 Å².